The zero-order valence-corrected chi connectivity index (χ0v) is 18.5. The quantitative estimate of drug-likeness (QED) is 0.686. The maximum atomic E-state index is 12.9. The molecule has 0 unspecified atom stereocenters. The number of hydrogen-bond acceptors (Lipinski definition) is 4. The predicted octanol–water partition coefficient (Wildman–Crippen LogP) is 3.78. The van der Waals surface area contributed by atoms with E-state index in [1.54, 1.807) is 24.3 Å². The molecule has 5 rings (SSSR count). The first kappa shape index (κ1) is 21.4. The van der Waals surface area contributed by atoms with E-state index in [9.17, 15) is 19.2 Å². The normalized spacial score (nSPS) is 17.5. The molecule has 2 aromatic carbocycles. The molecule has 1 N–H and O–H groups in total. The van der Waals surface area contributed by atoms with E-state index < -0.39 is 0 Å². The van der Waals surface area contributed by atoms with Gasteiger partial charge in [-0.25, -0.2) is 0 Å². The Bertz CT molecular complexity index is 1100. The van der Waals surface area contributed by atoms with Gasteiger partial charge in [-0.2, -0.15) is 0 Å². The van der Waals surface area contributed by atoms with E-state index in [1.807, 2.05) is 23.1 Å². The van der Waals surface area contributed by atoms with Gasteiger partial charge in [-0.05, 0) is 55.5 Å². The molecular formula is C26H27N3O4. The van der Waals surface area contributed by atoms with Crippen molar-refractivity contribution in [2.45, 2.75) is 44.9 Å². The Morgan fingerprint density at radius 3 is 2.36 bits per heavy atom. The highest BCUT2D eigenvalue weighted by Crippen LogP contribution is 2.35. The van der Waals surface area contributed by atoms with Crippen molar-refractivity contribution in [2.24, 2.45) is 5.92 Å². The van der Waals surface area contributed by atoms with Crippen LogP contribution in [0.3, 0.4) is 0 Å². The number of anilines is 2. The second kappa shape index (κ2) is 8.81. The van der Waals surface area contributed by atoms with E-state index >= 15 is 0 Å². The van der Waals surface area contributed by atoms with Gasteiger partial charge in [0.05, 0.1) is 11.1 Å². The van der Waals surface area contributed by atoms with E-state index in [2.05, 4.69) is 5.32 Å². The third-order valence-electron chi connectivity index (χ3n) is 6.90. The number of amides is 4. The second-order valence-electron chi connectivity index (χ2n) is 9.02. The highest BCUT2D eigenvalue weighted by Gasteiger charge is 2.35. The van der Waals surface area contributed by atoms with Crippen LogP contribution in [0.15, 0.2) is 42.5 Å². The lowest BCUT2D eigenvalue weighted by Gasteiger charge is -2.21. The third kappa shape index (κ3) is 4.03. The molecule has 2 aromatic rings. The van der Waals surface area contributed by atoms with Gasteiger partial charge in [0, 0.05) is 36.8 Å². The average Bonchev–Trinajstić information content (AvgIpc) is 3.55. The zero-order chi connectivity index (χ0) is 22.9. The summed E-state index contributed by atoms with van der Waals surface area (Å²) in [6.07, 6.45) is 5.58. The van der Waals surface area contributed by atoms with Crippen molar-refractivity contribution in [3.05, 3.63) is 59.2 Å². The maximum absolute atomic E-state index is 12.9. The van der Waals surface area contributed by atoms with Crippen molar-refractivity contribution < 1.29 is 19.2 Å². The molecule has 1 fully saturated rings. The lowest BCUT2D eigenvalue weighted by molar-refractivity contribution is -0.122. The zero-order valence-electron chi connectivity index (χ0n) is 18.5. The number of fused-ring (bicyclic) bond motifs is 2. The summed E-state index contributed by atoms with van der Waals surface area (Å²) in [6, 6.07) is 12.5. The molecule has 0 radical (unpaired) electrons. The highest BCUT2D eigenvalue weighted by atomic mass is 16.2. The summed E-state index contributed by atoms with van der Waals surface area (Å²) < 4.78 is 0. The molecular weight excluding hydrogens is 418 g/mol. The number of rotatable bonds is 6. The van der Waals surface area contributed by atoms with Gasteiger partial charge in [-0.15, -0.1) is 0 Å². The van der Waals surface area contributed by atoms with Gasteiger partial charge in [0.2, 0.25) is 11.8 Å². The van der Waals surface area contributed by atoms with E-state index in [4.69, 9.17) is 0 Å². The molecule has 1 aliphatic carbocycles. The van der Waals surface area contributed by atoms with Crippen LogP contribution in [0.4, 0.5) is 11.4 Å². The average molecular weight is 446 g/mol. The maximum Gasteiger partial charge on any atom is 0.261 e. The molecule has 0 atom stereocenters. The van der Waals surface area contributed by atoms with Gasteiger partial charge in [0.15, 0.2) is 0 Å². The van der Waals surface area contributed by atoms with Crippen LogP contribution in [-0.4, -0.2) is 41.6 Å². The van der Waals surface area contributed by atoms with Crippen LogP contribution in [0.5, 0.6) is 0 Å². The van der Waals surface area contributed by atoms with Crippen LogP contribution >= 0.6 is 0 Å². The summed E-state index contributed by atoms with van der Waals surface area (Å²) in [7, 11) is 0. The minimum atomic E-state index is -0.304. The summed E-state index contributed by atoms with van der Waals surface area (Å²) in [5, 5.41) is 2.90. The summed E-state index contributed by atoms with van der Waals surface area (Å²) in [4.78, 5) is 53.4. The van der Waals surface area contributed by atoms with Crippen LogP contribution in [0, 0.1) is 5.92 Å². The molecule has 0 aromatic heterocycles. The van der Waals surface area contributed by atoms with Crippen molar-refractivity contribution in [1.29, 1.82) is 0 Å². The molecule has 33 heavy (non-hydrogen) atoms. The molecule has 4 amide bonds. The molecule has 7 nitrogen and oxygen atoms in total. The van der Waals surface area contributed by atoms with Gasteiger partial charge in [0.25, 0.3) is 11.8 Å². The molecule has 3 aliphatic rings. The van der Waals surface area contributed by atoms with Crippen molar-refractivity contribution in [3.63, 3.8) is 0 Å². The van der Waals surface area contributed by atoms with E-state index in [0.717, 1.165) is 43.4 Å². The van der Waals surface area contributed by atoms with Gasteiger partial charge >= 0.3 is 0 Å². The monoisotopic (exact) mass is 445 g/mol. The Morgan fingerprint density at radius 2 is 1.67 bits per heavy atom. The first-order valence-corrected chi connectivity index (χ1v) is 11.7. The molecule has 2 heterocycles. The summed E-state index contributed by atoms with van der Waals surface area (Å²) in [6.45, 7) is 0.899. The summed E-state index contributed by atoms with van der Waals surface area (Å²) in [5.74, 6) is -0.464. The Hall–Kier alpha value is -3.48. The van der Waals surface area contributed by atoms with Gasteiger partial charge < -0.3 is 10.2 Å². The number of nitrogens with zero attached hydrogens (tertiary/aromatic N) is 2. The number of carbonyl (C=O) groups excluding carboxylic acids is 4. The minimum Gasteiger partial charge on any atom is -0.326 e. The first-order chi connectivity index (χ1) is 16.0. The Labute approximate surface area is 192 Å². The van der Waals surface area contributed by atoms with Crippen LogP contribution in [-0.2, 0) is 16.0 Å². The lowest BCUT2D eigenvalue weighted by Crippen LogP contribution is -2.33. The van der Waals surface area contributed by atoms with Crippen LogP contribution in [0.25, 0.3) is 0 Å². The van der Waals surface area contributed by atoms with Crippen LogP contribution < -0.4 is 10.2 Å². The van der Waals surface area contributed by atoms with E-state index in [1.165, 1.54) is 4.90 Å². The largest absolute Gasteiger partial charge is 0.326 e. The second-order valence-corrected chi connectivity index (χ2v) is 9.02. The van der Waals surface area contributed by atoms with E-state index in [0.29, 0.717) is 29.8 Å². The van der Waals surface area contributed by atoms with Gasteiger partial charge in [0.1, 0.15) is 0 Å². The van der Waals surface area contributed by atoms with Gasteiger partial charge in [-0.1, -0.05) is 31.0 Å². The molecule has 1 saturated carbocycles. The number of hydrogen-bond donors (Lipinski definition) is 1. The van der Waals surface area contributed by atoms with Crippen LogP contribution in [0.2, 0.25) is 0 Å². The minimum absolute atomic E-state index is 0.122. The first-order valence-electron chi connectivity index (χ1n) is 11.7. The third-order valence-corrected chi connectivity index (χ3v) is 6.90. The van der Waals surface area contributed by atoms with Crippen molar-refractivity contribution in [1.82, 2.24) is 4.90 Å². The standard InChI is InChI=1S/C26H27N3O4/c30-23(10-5-14-29-25(32)20-8-3-4-9-21(20)26(29)33)27-19-12-11-17-13-15-28(22(17)16-19)24(31)18-6-1-2-7-18/h3-4,8-9,11-12,16,18H,1-2,5-7,10,13-15H2,(H,27,30). The molecule has 0 spiro atoms. The molecule has 170 valence electrons. The van der Waals surface area contributed by atoms with Crippen molar-refractivity contribution in [2.75, 3.05) is 23.3 Å². The predicted molar refractivity (Wildman–Crippen MR) is 124 cm³/mol. The number of nitrogens with one attached hydrogen (secondary N) is 1. The fraction of sp³-hybridized carbons (Fsp3) is 0.385. The summed E-state index contributed by atoms with van der Waals surface area (Å²) >= 11 is 0. The molecule has 7 heteroatoms. The SMILES string of the molecule is O=C(CCCN1C(=O)c2ccccc2C1=O)Nc1ccc2c(c1)N(C(=O)C1CCCC1)CC2. The van der Waals surface area contributed by atoms with E-state index in [-0.39, 0.29) is 42.5 Å². The summed E-state index contributed by atoms with van der Waals surface area (Å²) in [5.41, 5.74) is 3.52. The molecule has 0 saturated heterocycles. The fourth-order valence-corrected chi connectivity index (χ4v) is 5.14. The Balaban J connectivity index is 1.17. The number of carbonyl (C=O) groups is 4. The lowest BCUT2D eigenvalue weighted by atomic mass is 10.1. The van der Waals surface area contributed by atoms with Crippen molar-refractivity contribution >= 4 is 35.0 Å². The Morgan fingerprint density at radius 1 is 0.970 bits per heavy atom. The molecule has 0 bridgehead atoms. The van der Waals surface area contributed by atoms with Gasteiger partial charge in [-0.3, -0.25) is 24.1 Å². The highest BCUT2D eigenvalue weighted by molar-refractivity contribution is 6.21. The van der Waals surface area contributed by atoms with Crippen molar-refractivity contribution in [3.8, 4) is 0 Å². The Kier molecular flexibility index (Phi) is 5.70. The molecule has 2 aliphatic heterocycles. The number of imide groups is 1. The fourth-order valence-electron chi connectivity index (χ4n) is 5.14. The van der Waals surface area contributed by atoms with Crippen LogP contribution in [0.1, 0.15) is 64.8 Å². The number of benzene rings is 2. The topological polar surface area (TPSA) is 86.8 Å². The smallest absolute Gasteiger partial charge is 0.261 e.